The molecule has 0 bridgehead atoms. The van der Waals surface area contributed by atoms with Crippen molar-refractivity contribution in [1.29, 1.82) is 0 Å². The van der Waals surface area contributed by atoms with E-state index < -0.39 is 0 Å². The van der Waals surface area contributed by atoms with Crippen molar-refractivity contribution in [2.75, 3.05) is 0 Å². The molecule has 0 amide bonds. The van der Waals surface area contributed by atoms with Crippen molar-refractivity contribution in [3.05, 3.63) is 33.0 Å². The Morgan fingerprint density at radius 3 is 2.36 bits per heavy atom. The summed E-state index contributed by atoms with van der Waals surface area (Å²) in [7, 11) is 0. The van der Waals surface area contributed by atoms with Gasteiger partial charge in [-0.25, -0.2) is 9.97 Å². The molecule has 5 heteroatoms. The summed E-state index contributed by atoms with van der Waals surface area (Å²) in [5.74, 6) is 0. The average molecular weight is 248 g/mol. The third-order valence-corrected chi connectivity index (χ3v) is 2.69. The maximum atomic E-state index is 5.87. The largest absolute Gasteiger partial charge is 0.231 e. The van der Waals surface area contributed by atoms with Crippen molar-refractivity contribution < 1.29 is 0 Å². The van der Waals surface area contributed by atoms with Crippen molar-refractivity contribution in [3.8, 4) is 0 Å². The van der Waals surface area contributed by atoms with Crippen LogP contribution in [0.25, 0.3) is 11.0 Å². The summed E-state index contributed by atoms with van der Waals surface area (Å²) in [4.78, 5) is 8.21. The summed E-state index contributed by atoms with van der Waals surface area (Å²) in [5.41, 5.74) is 2.31. The minimum atomic E-state index is 0.195. The molecule has 0 fully saturated rings. The number of benzene rings is 1. The van der Waals surface area contributed by atoms with E-state index in [-0.39, 0.29) is 10.3 Å². The van der Waals surface area contributed by atoms with E-state index in [0.29, 0.717) is 10.5 Å². The maximum absolute atomic E-state index is 5.87. The molecular formula is C9H5Cl3N2. The van der Waals surface area contributed by atoms with Crippen LogP contribution in [-0.2, 0) is 0 Å². The van der Waals surface area contributed by atoms with Gasteiger partial charge in [-0.2, -0.15) is 0 Å². The lowest BCUT2D eigenvalue weighted by molar-refractivity contribution is 1.27. The van der Waals surface area contributed by atoms with Gasteiger partial charge < -0.3 is 0 Å². The standard InChI is InChI=1S/C9H5Cl3N2/c1-4-2-5(10)3-6-7(4)14-9(12)8(11)13-6/h2-3H,1H3. The zero-order valence-electron chi connectivity index (χ0n) is 7.18. The van der Waals surface area contributed by atoms with Crippen LogP contribution in [-0.4, -0.2) is 9.97 Å². The van der Waals surface area contributed by atoms with Gasteiger partial charge in [0.25, 0.3) is 0 Å². The van der Waals surface area contributed by atoms with Crippen LogP contribution in [0.15, 0.2) is 12.1 Å². The van der Waals surface area contributed by atoms with Gasteiger partial charge in [-0.3, -0.25) is 0 Å². The normalized spacial score (nSPS) is 10.9. The molecule has 2 rings (SSSR count). The Balaban J connectivity index is 2.89. The molecule has 1 heterocycles. The zero-order chi connectivity index (χ0) is 10.3. The van der Waals surface area contributed by atoms with Crippen LogP contribution in [0.5, 0.6) is 0 Å². The van der Waals surface area contributed by atoms with Crippen LogP contribution in [0.4, 0.5) is 0 Å². The first kappa shape index (κ1) is 9.97. The molecule has 0 saturated carbocycles. The molecule has 0 saturated heterocycles. The van der Waals surface area contributed by atoms with Gasteiger partial charge in [-0.1, -0.05) is 34.8 Å². The molecule has 0 N–H and O–H groups in total. The molecule has 0 aliphatic carbocycles. The van der Waals surface area contributed by atoms with Gasteiger partial charge in [0.1, 0.15) is 0 Å². The monoisotopic (exact) mass is 246 g/mol. The predicted molar refractivity (Wildman–Crippen MR) is 59.3 cm³/mol. The van der Waals surface area contributed by atoms with Gasteiger partial charge in [0.05, 0.1) is 11.0 Å². The van der Waals surface area contributed by atoms with Crippen molar-refractivity contribution in [2.45, 2.75) is 6.92 Å². The summed E-state index contributed by atoms with van der Waals surface area (Å²) < 4.78 is 0. The highest BCUT2D eigenvalue weighted by atomic mass is 35.5. The first-order chi connectivity index (χ1) is 6.58. The fraction of sp³-hybridized carbons (Fsp3) is 0.111. The Hall–Kier alpha value is -0.570. The van der Waals surface area contributed by atoms with Gasteiger partial charge in [-0.15, -0.1) is 0 Å². The minimum Gasteiger partial charge on any atom is -0.231 e. The number of aromatic nitrogens is 2. The number of halogens is 3. The molecule has 0 aliphatic heterocycles. The number of hydrogen-bond acceptors (Lipinski definition) is 2. The lowest BCUT2D eigenvalue weighted by Gasteiger charge is -2.03. The highest BCUT2D eigenvalue weighted by Gasteiger charge is 2.07. The zero-order valence-corrected chi connectivity index (χ0v) is 9.45. The van der Waals surface area contributed by atoms with Gasteiger partial charge in [-0.05, 0) is 24.6 Å². The molecule has 0 aliphatic rings. The van der Waals surface area contributed by atoms with E-state index in [9.17, 15) is 0 Å². The molecule has 2 aromatic rings. The van der Waals surface area contributed by atoms with E-state index >= 15 is 0 Å². The van der Waals surface area contributed by atoms with Crippen LogP contribution in [0, 0.1) is 6.92 Å². The molecule has 0 spiro atoms. The second kappa shape index (κ2) is 3.54. The number of rotatable bonds is 0. The van der Waals surface area contributed by atoms with Gasteiger partial charge in [0, 0.05) is 5.02 Å². The SMILES string of the molecule is Cc1cc(Cl)cc2nc(Cl)c(Cl)nc12. The first-order valence-electron chi connectivity index (χ1n) is 3.87. The van der Waals surface area contributed by atoms with Gasteiger partial charge >= 0.3 is 0 Å². The van der Waals surface area contributed by atoms with Gasteiger partial charge in [0.2, 0.25) is 0 Å². The molecule has 2 nitrogen and oxygen atoms in total. The second-order valence-electron chi connectivity index (χ2n) is 2.90. The predicted octanol–water partition coefficient (Wildman–Crippen LogP) is 3.90. The van der Waals surface area contributed by atoms with E-state index in [4.69, 9.17) is 34.8 Å². The van der Waals surface area contributed by atoms with E-state index in [2.05, 4.69) is 9.97 Å². The Bertz CT molecular complexity index is 511. The fourth-order valence-corrected chi connectivity index (χ4v) is 1.77. The molecule has 0 radical (unpaired) electrons. The smallest absolute Gasteiger partial charge is 0.167 e. The molecule has 0 unspecified atom stereocenters. The second-order valence-corrected chi connectivity index (χ2v) is 4.05. The van der Waals surface area contributed by atoms with E-state index in [0.717, 1.165) is 11.1 Å². The number of hydrogen-bond donors (Lipinski definition) is 0. The third kappa shape index (κ3) is 1.65. The van der Waals surface area contributed by atoms with Crippen LogP contribution in [0.3, 0.4) is 0 Å². The van der Waals surface area contributed by atoms with Crippen LogP contribution in [0.2, 0.25) is 15.3 Å². The average Bonchev–Trinajstić information content (AvgIpc) is 2.08. The highest BCUT2D eigenvalue weighted by molar-refractivity contribution is 6.40. The van der Waals surface area contributed by atoms with Crippen molar-refractivity contribution >= 4 is 45.8 Å². The Labute approximate surface area is 95.8 Å². The Kier molecular flexibility index (Phi) is 2.52. The maximum Gasteiger partial charge on any atom is 0.167 e. The van der Waals surface area contributed by atoms with E-state index in [1.165, 1.54) is 0 Å². The van der Waals surface area contributed by atoms with Gasteiger partial charge in [0.15, 0.2) is 10.3 Å². The van der Waals surface area contributed by atoms with E-state index in [1.807, 2.05) is 13.0 Å². The lowest BCUT2D eigenvalue weighted by Crippen LogP contribution is -1.89. The summed E-state index contributed by atoms with van der Waals surface area (Å²) in [6.45, 7) is 1.90. The molecule has 72 valence electrons. The highest BCUT2D eigenvalue weighted by Crippen LogP contribution is 2.25. The Morgan fingerprint density at radius 1 is 1.00 bits per heavy atom. The fourth-order valence-electron chi connectivity index (χ4n) is 1.24. The summed E-state index contributed by atoms with van der Waals surface area (Å²) >= 11 is 17.4. The summed E-state index contributed by atoms with van der Waals surface area (Å²) in [6.07, 6.45) is 0. The first-order valence-corrected chi connectivity index (χ1v) is 5.00. The summed E-state index contributed by atoms with van der Waals surface area (Å²) in [5, 5.41) is 1.02. The molecule has 1 aromatic carbocycles. The van der Waals surface area contributed by atoms with E-state index in [1.54, 1.807) is 6.07 Å². The lowest BCUT2D eigenvalue weighted by atomic mass is 10.2. The molecular weight excluding hydrogens is 242 g/mol. The van der Waals surface area contributed by atoms with Crippen LogP contribution >= 0.6 is 34.8 Å². The van der Waals surface area contributed by atoms with Crippen LogP contribution in [0.1, 0.15) is 5.56 Å². The number of nitrogens with zero attached hydrogens (tertiary/aromatic N) is 2. The van der Waals surface area contributed by atoms with Crippen LogP contribution < -0.4 is 0 Å². The summed E-state index contributed by atoms with van der Waals surface area (Å²) in [6, 6.07) is 3.52. The molecule has 0 atom stereocenters. The Morgan fingerprint density at radius 2 is 1.64 bits per heavy atom. The van der Waals surface area contributed by atoms with Crippen molar-refractivity contribution in [1.82, 2.24) is 9.97 Å². The topological polar surface area (TPSA) is 25.8 Å². The molecule has 14 heavy (non-hydrogen) atoms. The quantitative estimate of drug-likeness (QED) is 0.705. The minimum absolute atomic E-state index is 0.195. The van der Waals surface area contributed by atoms with Crippen molar-refractivity contribution in [3.63, 3.8) is 0 Å². The number of fused-ring (bicyclic) bond motifs is 1. The third-order valence-electron chi connectivity index (χ3n) is 1.84. The number of aryl methyl sites for hydroxylation is 1. The molecule has 1 aromatic heterocycles. The van der Waals surface area contributed by atoms with Crippen molar-refractivity contribution in [2.24, 2.45) is 0 Å².